The number of rotatable bonds is 8. The summed E-state index contributed by atoms with van der Waals surface area (Å²) in [5, 5.41) is 13.7. The predicted octanol–water partition coefficient (Wildman–Crippen LogP) is 2.77. The van der Waals surface area contributed by atoms with E-state index >= 15 is 0 Å². The second-order valence-corrected chi connectivity index (χ2v) is 9.06. The van der Waals surface area contributed by atoms with Gasteiger partial charge in [0.15, 0.2) is 0 Å². The van der Waals surface area contributed by atoms with Gasteiger partial charge in [-0.3, -0.25) is 9.36 Å². The molecule has 2 aliphatic heterocycles. The van der Waals surface area contributed by atoms with E-state index in [0.29, 0.717) is 31.2 Å². The Kier molecular flexibility index (Phi) is 5.97. The zero-order valence-electron chi connectivity index (χ0n) is 18.0. The molecule has 3 heterocycles. The van der Waals surface area contributed by atoms with Gasteiger partial charge in [-0.25, -0.2) is 0 Å². The molecule has 2 fully saturated rings. The monoisotopic (exact) mass is 444 g/mol. The SMILES string of the molecule is CCC(O)(CC)CCN1c2nc(NC[C@H]3OCC4CC43)cc(=O)n2CC[C@H]1C(F)(F)F. The van der Waals surface area contributed by atoms with Crippen LogP contribution in [-0.4, -0.2) is 58.3 Å². The van der Waals surface area contributed by atoms with Crippen molar-refractivity contribution in [3.05, 3.63) is 16.4 Å². The number of hydrogen-bond acceptors (Lipinski definition) is 6. The van der Waals surface area contributed by atoms with E-state index in [2.05, 4.69) is 10.3 Å². The number of alkyl halides is 3. The van der Waals surface area contributed by atoms with Gasteiger partial charge in [-0.05, 0) is 43.9 Å². The Morgan fingerprint density at radius 3 is 2.65 bits per heavy atom. The van der Waals surface area contributed by atoms with Gasteiger partial charge in [0.25, 0.3) is 5.56 Å². The van der Waals surface area contributed by atoms with Crippen LogP contribution in [0.15, 0.2) is 10.9 Å². The normalized spacial score (nSPS) is 27.7. The Balaban J connectivity index is 1.58. The number of ether oxygens (including phenoxy) is 1. The van der Waals surface area contributed by atoms with Gasteiger partial charge in [0.05, 0.1) is 18.3 Å². The van der Waals surface area contributed by atoms with E-state index < -0.39 is 17.8 Å². The fourth-order valence-corrected chi connectivity index (χ4v) is 4.79. The van der Waals surface area contributed by atoms with E-state index in [1.165, 1.54) is 10.6 Å². The van der Waals surface area contributed by atoms with Crippen LogP contribution in [0.1, 0.15) is 46.0 Å². The second-order valence-electron chi connectivity index (χ2n) is 9.06. The third-order valence-corrected chi connectivity index (χ3v) is 7.22. The van der Waals surface area contributed by atoms with E-state index in [4.69, 9.17) is 4.74 Å². The third-order valence-electron chi connectivity index (χ3n) is 7.22. The maximum Gasteiger partial charge on any atom is 0.408 e. The van der Waals surface area contributed by atoms with Crippen LogP contribution in [-0.2, 0) is 11.3 Å². The first-order valence-electron chi connectivity index (χ1n) is 11.2. The summed E-state index contributed by atoms with van der Waals surface area (Å²) in [4.78, 5) is 18.2. The summed E-state index contributed by atoms with van der Waals surface area (Å²) < 4.78 is 48.5. The first kappa shape index (κ1) is 22.4. The van der Waals surface area contributed by atoms with Crippen LogP contribution in [0.3, 0.4) is 0 Å². The minimum Gasteiger partial charge on any atom is -0.390 e. The smallest absolute Gasteiger partial charge is 0.390 e. The number of halogens is 3. The Bertz CT molecular complexity index is 855. The summed E-state index contributed by atoms with van der Waals surface area (Å²) >= 11 is 0. The van der Waals surface area contributed by atoms with Crippen molar-refractivity contribution >= 4 is 11.8 Å². The van der Waals surface area contributed by atoms with Gasteiger partial charge in [-0.2, -0.15) is 18.2 Å². The Morgan fingerprint density at radius 2 is 2.06 bits per heavy atom. The lowest BCUT2D eigenvalue weighted by atomic mass is 9.93. The summed E-state index contributed by atoms with van der Waals surface area (Å²) in [6, 6.07) is -0.401. The molecule has 4 rings (SSSR count). The van der Waals surface area contributed by atoms with Crippen molar-refractivity contribution in [2.24, 2.45) is 11.8 Å². The van der Waals surface area contributed by atoms with Crippen LogP contribution in [0.2, 0.25) is 0 Å². The van der Waals surface area contributed by atoms with E-state index in [9.17, 15) is 23.1 Å². The van der Waals surface area contributed by atoms with Gasteiger partial charge < -0.3 is 20.1 Å². The quantitative estimate of drug-likeness (QED) is 0.642. The fraction of sp³-hybridized carbons (Fsp3) is 0.810. The molecule has 3 aliphatic rings. The molecule has 0 amide bonds. The highest BCUT2D eigenvalue weighted by Crippen LogP contribution is 2.48. The first-order chi connectivity index (χ1) is 14.6. The minimum atomic E-state index is -4.46. The molecule has 0 bridgehead atoms. The van der Waals surface area contributed by atoms with Crippen molar-refractivity contribution in [3.8, 4) is 0 Å². The van der Waals surface area contributed by atoms with Gasteiger partial charge in [0, 0.05) is 25.7 Å². The molecule has 7 nitrogen and oxygen atoms in total. The first-order valence-corrected chi connectivity index (χ1v) is 11.2. The topological polar surface area (TPSA) is 79.6 Å². The number of fused-ring (bicyclic) bond motifs is 2. The molecule has 10 heteroatoms. The standard InChI is InChI=1S/C21H31F3N4O3/c1-3-20(30,4-2)6-8-27-16(21(22,23)24)5-7-28-18(29)10-17(26-19(27)28)25-11-15-14-9-13(14)12-31-15/h10,13-16,25,30H,3-9,11-12H2,1-2H3/t13?,14?,15-,16+/m1/s1. The highest BCUT2D eigenvalue weighted by molar-refractivity contribution is 5.45. The Labute approximate surface area is 179 Å². The Morgan fingerprint density at radius 1 is 1.32 bits per heavy atom. The summed E-state index contributed by atoms with van der Waals surface area (Å²) in [6.45, 7) is 4.78. The van der Waals surface area contributed by atoms with Gasteiger partial charge in [0.2, 0.25) is 5.95 Å². The molecule has 1 aliphatic carbocycles. The lowest BCUT2D eigenvalue weighted by Gasteiger charge is -2.40. The van der Waals surface area contributed by atoms with Crippen molar-refractivity contribution in [2.45, 2.75) is 76.4 Å². The van der Waals surface area contributed by atoms with Crippen molar-refractivity contribution < 1.29 is 23.0 Å². The summed E-state index contributed by atoms with van der Waals surface area (Å²) in [5.41, 5.74) is -1.43. The maximum atomic E-state index is 13.8. The van der Waals surface area contributed by atoms with Crippen molar-refractivity contribution in [1.29, 1.82) is 0 Å². The summed E-state index contributed by atoms with van der Waals surface area (Å²) in [7, 11) is 0. The van der Waals surface area contributed by atoms with Crippen molar-refractivity contribution in [2.75, 3.05) is 29.9 Å². The van der Waals surface area contributed by atoms with Crippen molar-refractivity contribution in [3.63, 3.8) is 0 Å². The van der Waals surface area contributed by atoms with Crippen LogP contribution in [0.5, 0.6) is 0 Å². The minimum absolute atomic E-state index is 0.00905. The van der Waals surface area contributed by atoms with Crippen molar-refractivity contribution in [1.82, 2.24) is 9.55 Å². The number of anilines is 2. The van der Waals surface area contributed by atoms with E-state index in [1.807, 2.05) is 13.8 Å². The summed E-state index contributed by atoms with van der Waals surface area (Å²) in [6.07, 6.45) is -2.43. The number of nitrogens with one attached hydrogen (secondary N) is 1. The number of hydrogen-bond donors (Lipinski definition) is 2. The average molecular weight is 444 g/mol. The molecule has 31 heavy (non-hydrogen) atoms. The number of aliphatic hydroxyl groups is 1. The number of aromatic nitrogens is 2. The molecule has 174 valence electrons. The number of nitrogens with zero attached hydrogens (tertiary/aromatic N) is 3. The molecule has 0 aromatic carbocycles. The second kappa shape index (κ2) is 8.27. The molecule has 1 saturated carbocycles. The lowest BCUT2D eigenvalue weighted by molar-refractivity contribution is -0.153. The fourth-order valence-electron chi connectivity index (χ4n) is 4.79. The van der Waals surface area contributed by atoms with Crippen LogP contribution < -0.4 is 15.8 Å². The third kappa shape index (κ3) is 4.55. The highest BCUT2D eigenvalue weighted by Gasteiger charge is 2.49. The van der Waals surface area contributed by atoms with Gasteiger partial charge in [-0.15, -0.1) is 0 Å². The maximum absolute atomic E-state index is 13.8. The van der Waals surface area contributed by atoms with Crippen LogP contribution >= 0.6 is 0 Å². The van der Waals surface area contributed by atoms with E-state index in [1.54, 1.807) is 0 Å². The van der Waals surface area contributed by atoms with Gasteiger partial charge >= 0.3 is 6.18 Å². The molecule has 0 spiro atoms. The molecule has 0 radical (unpaired) electrons. The molecule has 4 atom stereocenters. The largest absolute Gasteiger partial charge is 0.408 e. The molecule has 1 aromatic heterocycles. The van der Waals surface area contributed by atoms with Crippen LogP contribution in [0.4, 0.5) is 24.9 Å². The Hall–Kier alpha value is -1.81. The van der Waals surface area contributed by atoms with E-state index in [0.717, 1.165) is 17.9 Å². The van der Waals surface area contributed by atoms with E-state index in [-0.39, 0.29) is 49.4 Å². The summed E-state index contributed by atoms with van der Waals surface area (Å²) in [5.74, 6) is 1.42. The predicted molar refractivity (Wildman–Crippen MR) is 110 cm³/mol. The molecular weight excluding hydrogens is 413 g/mol. The van der Waals surface area contributed by atoms with Crippen LogP contribution in [0.25, 0.3) is 0 Å². The van der Waals surface area contributed by atoms with Gasteiger partial charge in [0.1, 0.15) is 11.9 Å². The van der Waals surface area contributed by atoms with Gasteiger partial charge in [-0.1, -0.05) is 13.8 Å². The molecule has 1 saturated heterocycles. The zero-order chi connectivity index (χ0) is 22.4. The zero-order valence-corrected chi connectivity index (χ0v) is 18.0. The molecular formula is C21H31F3N4O3. The molecule has 1 aromatic rings. The van der Waals surface area contributed by atoms with Crippen LogP contribution in [0, 0.1) is 11.8 Å². The lowest BCUT2D eigenvalue weighted by Crippen LogP contribution is -2.53. The molecule has 2 unspecified atom stereocenters. The highest BCUT2D eigenvalue weighted by atomic mass is 19.4. The molecule has 2 N–H and O–H groups in total. The average Bonchev–Trinajstić information content (AvgIpc) is 3.41.